The molecule has 0 aliphatic carbocycles. The summed E-state index contributed by atoms with van der Waals surface area (Å²) in [5, 5.41) is 4.08. The van der Waals surface area contributed by atoms with Crippen LogP contribution < -0.4 is 0 Å². The number of fused-ring (bicyclic) bond motifs is 1. The Kier molecular flexibility index (Phi) is 3.03. The van der Waals surface area contributed by atoms with Crippen LogP contribution >= 0.6 is 57.1 Å². The average Bonchev–Trinajstić information content (AvgIpc) is 2.60. The number of benzene rings is 1. The van der Waals surface area contributed by atoms with Crippen LogP contribution in [0.1, 0.15) is 5.56 Å². The van der Waals surface area contributed by atoms with E-state index in [1.165, 1.54) is 5.39 Å². The Morgan fingerprint density at radius 2 is 2.23 bits per heavy atom. The Morgan fingerprint density at radius 1 is 1.46 bits per heavy atom. The van der Waals surface area contributed by atoms with Gasteiger partial charge in [0.15, 0.2) is 0 Å². The topological polar surface area (TPSA) is 0 Å². The van der Waals surface area contributed by atoms with Crippen LogP contribution in [0.25, 0.3) is 10.1 Å². The minimum atomic E-state index is 0.542. The predicted molar refractivity (Wildman–Crippen MR) is 69.1 cm³/mol. The first-order valence-corrected chi connectivity index (χ1v) is 6.51. The molecule has 0 saturated carbocycles. The van der Waals surface area contributed by atoms with E-state index >= 15 is 0 Å². The van der Waals surface area contributed by atoms with Gasteiger partial charge in [-0.2, -0.15) is 0 Å². The molecule has 1 aromatic heterocycles. The molecular formula is C9H5Cl2IS. The van der Waals surface area contributed by atoms with Crippen molar-refractivity contribution in [3.05, 3.63) is 31.7 Å². The molecule has 0 radical (unpaired) electrons. The van der Waals surface area contributed by atoms with Gasteiger partial charge >= 0.3 is 0 Å². The Bertz CT molecular complexity index is 450. The molecule has 2 rings (SSSR count). The number of hydrogen-bond acceptors (Lipinski definition) is 1. The fourth-order valence-electron chi connectivity index (χ4n) is 1.25. The maximum atomic E-state index is 6.16. The molecule has 1 heterocycles. The van der Waals surface area contributed by atoms with Crippen LogP contribution in [-0.4, -0.2) is 0 Å². The maximum Gasteiger partial charge on any atom is 0.0717 e. The van der Waals surface area contributed by atoms with Crippen LogP contribution in [0, 0.1) is 3.57 Å². The van der Waals surface area contributed by atoms with Gasteiger partial charge in [-0.3, -0.25) is 0 Å². The van der Waals surface area contributed by atoms with E-state index in [0.717, 1.165) is 18.9 Å². The molecule has 0 N–H and O–H groups in total. The Labute approximate surface area is 104 Å². The van der Waals surface area contributed by atoms with Crippen molar-refractivity contribution < 1.29 is 0 Å². The summed E-state index contributed by atoms with van der Waals surface area (Å²) in [5.41, 5.74) is 1.16. The van der Waals surface area contributed by atoms with Crippen LogP contribution in [0.15, 0.2) is 17.5 Å². The first kappa shape index (κ1) is 10.0. The minimum Gasteiger partial charge on any atom is -0.142 e. The summed E-state index contributed by atoms with van der Waals surface area (Å²) < 4.78 is 2.22. The molecule has 0 saturated heterocycles. The molecule has 0 fully saturated rings. The highest BCUT2D eigenvalue weighted by molar-refractivity contribution is 14.1. The van der Waals surface area contributed by atoms with E-state index in [-0.39, 0.29) is 0 Å². The van der Waals surface area contributed by atoms with Crippen molar-refractivity contribution >= 4 is 67.2 Å². The standard InChI is InChI=1S/C9H5Cl2IS/c10-4-5-3-7(12)8(11)9-6(5)1-2-13-9/h1-3H,4H2. The first-order chi connectivity index (χ1) is 6.24. The molecule has 2 aromatic rings. The number of alkyl halides is 1. The van der Waals surface area contributed by atoms with Gasteiger partial charge < -0.3 is 0 Å². The quantitative estimate of drug-likeness (QED) is 0.511. The lowest BCUT2D eigenvalue weighted by atomic mass is 10.1. The molecule has 0 amide bonds. The largest absolute Gasteiger partial charge is 0.142 e. The van der Waals surface area contributed by atoms with Gasteiger partial charge in [0.2, 0.25) is 0 Å². The van der Waals surface area contributed by atoms with Gasteiger partial charge in [0.05, 0.1) is 9.72 Å². The van der Waals surface area contributed by atoms with Gasteiger partial charge in [-0.1, -0.05) is 11.6 Å². The summed E-state index contributed by atoms with van der Waals surface area (Å²) in [6, 6.07) is 4.12. The van der Waals surface area contributed by atoms with Crippen molar-refractivity contribution in [1.29, 1.82) is 0 Å². The summed E-state index contributed by atoms with van der Waals surface area (Å²) in [4.78, 5) is 0. The number of hydrogen-bond donors (Lipinski definition) is 0. The Hall–Kier alpha value is 0.490. The highest BCUT2D eigenvalue weighted by Gasteiger charge is 2.08. The lowest BCUT2D eigenvalue weighted by Gasteiger charge is -2.02. The molecule has 0 bridgehead atoms. The lowest BCUT2D eigenvalue weighted by Crippen LogP contribution is -1.82. The van der Waals surface area contributed by atoms with E-state index in [9.17, 15) is 0 Å². The van der Waals surface area contributed by atoms with Crippen LogP contribution in [0.4, 0.5) is 0 Å². The summed E-state index contributed by atoms with van der Waals surface area (Å²) in [7, 11) is 0. The zero-order chi connectivity index (χ0) is 9.42. The summed E-state index contributed by atoms with van der Waals surface area (Å²) in [5.74, 6) is 0.542. The van der Waals surface area contributed by atoms with E-state index in [1.807, 2.05) is 11.4 Å². The second kappa shape index (κ2) is 3.93. The van der Waals surface area contributed by atoms with Gasteiger partial charge in [0.1, 0.15) is 0 Å². The third kappa shape index (κ3) is 1.69. The van der Waals surface area contributed by atoms with Crippen LogP contribution in [0.3, 0.4) is 0 Å². The smallest absolute Gasteiger partial charge is 0.0717 e. The van der Waals surface area contributed by atoms with Crippen molar-refractivity contribution in [2.75, 3.05) is 0 Å². The highest BCUT2D eigenvalue weighted by Crippen LogP contribution is 2.35. The van der Waals surface area contributed by atoms with Gasteiger partial charge in [-0.15, -0.1) is 22.9 Å². The van der Waals surface area contributed by atoms with Crippen LogP contribution in [0.5, 0.6) is 0 Å². The molecule has 0 nitrogen and oxygen atoms in total. The Balaban J connectivity index is 2.87. The van der Waals surface area contributed by atoms with Crippen molar-refractivity contribution in [2.24, 2.45) is 0 Å². The number of rotatable bonds is 1. The van der Waals surface area contributed by atoms with Crippen molar-refractivity contribution in [1.82, 2.24) is 0 Å². The predicted octanol–water partition coefficient (Wildman–Crippen LogP) is 4.90. The normalized spacial score (nSPS) is 11.0. The van der Waals surface area contributed by atoms with Crippen molar-refractivity contribution in [2.45, 2.75) is 5.88 Å². The molecule has 0 atom stereocenters. The molecule has 68 valence electrons. The molecule has 0 aliphatic heterocycles. The lowest BCUT2D eigenvalue weighted by molar-refractivity contribution is 1.45. The molecule has 0 unspecified atom stereocenters. The van der Waals surface area contributed by atoms with Crippen molar-refractivity contribution in [3.63, 3.8) is 0 Å². The third-order valence-corrected chi connectivity index (χ3v) is 4.76. The summed E-state index contributed by atoms with van der Waals surface area (Å²) in [6.07, 6.45) is 0. The van der Waals surface area contributed by atoms with Crippen molar-refractivity contribution in [3.8, 4) is 0 Å². The van der Waals surface area contributed by atoms with Gasteiger partial charge in [0, 0.05) is 9.45 Å². The maximum absolute atomic E-state index is 6.16. The second-order valence-electron chi connectivity index (χ2n) is 2.63. The molecule has 0 aliphatic rings. The van der Waals surface area contributed by atoms with E-state index in [0.29, 0.717) is 5.88 Å². The fraction of sp³-hybridized carbons (Fsp3) is 0.111. The van der Waals surface area contributed by atoms with E-state index in [1.54, 1.807) is 11.3 Å². The minimum absolute atomic E-state index is 0.542. The second-order valence-corrected chi connectivity index (χ2v) is 5.35. The Morgan fingerprint density at radius 3 is 2.92 bits per heavy atom. The average molecular weight is 343 g/mol. The molecule has 0 spiro atoms. The van der Waals surface area contributed by atoms with E-state index < -0.39 is 0 Å². The number of thiophene rings is 1. The fourth-order valence-corrected chi connectivity index (χ4v) is 3.46. The molecule has 13 heavy (non-hydrogen) atoms. The van der Waals surface area contributed by atoms with Gasteiger partial charge in [-0.25, -0.2) is 0 Å². The zero-order valence-electron chi connectivity index (χ0n) is 6.48. The summed E-state index contributed by atoms with van der Waals surface area (Å²) >= 11 is 15.9. The van der Waals surface area contributed by atoms with Crippen LogP contribution in [0.2, 0.25) is 5.02 Å². The van der Waals surface area contributed by atoms with Crippen LogP contribution in [-0.2, 0) is 5.88 Å². The SMILES string of the molecule is ClCc1cc(I)c(Cl)c2sccc12. The third-order valence-electron chi connectivity index (χ3n) is 1.87. The number of halogens is 3. The summed E-state index contributed by atoms with van der Waals surface area (Å²) in [6.45, 7) is 0. The van der Waals surface area contributed by atoms with Gasteiger partial charge in [-0.05, 0) is 51.1 Å². The van der Waals surface area contributed by atoms with Gasteiger partial charge in [0.25, 0.3) is 0 Å². The van der Waals surface area contributed by atoms with E-state index in [4.69, 9.17) is 23.2 Å². The highest BCUT2D eigenvalue weighted by atomic mass is 127. The monoisotopic (exact) mass is 342 g/mol. The first-order valence-electron chi connectivity index (χ1n) is 3.64. The van der Waals surface area contributed by atoms with E-state index in [2.05, 4.69) is 28.7 Å². The zero-order valence-corrected chi connectivity index (χ0v) is 11.0. The molecule has 1 aromatic carbocycles. The molecule has 4 heteroatoms. The molecular weight excluding hydrogens is 338 g/mol.